The lowest BCUT2D eigenvalue weighted by molar-refractivity contribution is -0.138. The maximum Gasteiger partial charge on any atom is 0.244 e. The molecule has 3 rings (SSSR count). The summed E-state index contributed by atoms with van der Waals surface area (Å²) in [5.41, 5.74) is 6.05. The van der Waals surface area contributed by atoms with E-state index in [2.05, 4.69) is 11.4 Å². The number of likely N-dealkylation sites (tertiary alicyclic amines) is 1. The van der Waals surface area contributed by atoms with Crippen LogP contribution in [0.5, 0.6) is 5.75 Å². The minimum Gasteiger partial charge on any atom is -0.492 e. The first-order valence-corrected chi connectivity index (χ1v) is 8.84. The smallest absolute Gasteiger partial charge is 0.244 e. The zero-order valence-electron chi connectivity index (χ0n) is 15.2. The summed E-state index contributed by atoms with van der Waals surface area (Å²) < 4.78 is 5.85. The van der Waals surface area contributed by atoms with Crippen molar-refractivity contribution in [2.45, 2.75) is 50.6 Å². The van der Waals surface area contributed by atoms with Crippen LogP contribution in [0, 0.1) is 0 Å². The highest BCUT2D eigenvalue weighted by molar-refractivity contribution is 5.91. The topological polar surface area (TPSA) is 84.7 Å². The monoisotopic (exact) mass is 345 g/mol. The predicted octanol–water partition coefficient (Wildman–Crippen LogP) is 1.18. The van der Waals surface area contributed by atoms with E-state index in [0.717, 1.165) is 18.6 Å². The van der Waals surface area contributed by atoms with Crippen LogP contribution in [-0.2, 0) is 15.0 Å². The highest BCUT2D eigenvalue weighted by atomic mass is 16.5. The summed E-state index contributed by atoms with van der Waals surface area (Å²) >= 11 is 0. The Hall–Kier alpha value is -2.08. The summed E-state index contributed by atoms with van der Waals surface area (Å²) in [6, 6.07) is 7.59. The number of carbonyl (C=O) groups is 2. The number of amides is 2. The number of hydrogen-bond donors (Lipinski definition) is 2. The minimum atomic E-state index is -0.995. The standard InChI is InChI=1S/C19H27N3O3/c1-13(21-17(24)18(2,3)20)16(23)22-10-8-19(9-11-22)12-25-15-7-5-4-6-14(15)19/h4-7,13H,8-12,20H2,1-3H3,(H,21,24)/t13-/m1/s1. The number of piperidine rings is 1. The number of hydrogen-bond acceptors (Lipinski definition) is 4. The molecule has 1 atom stereocenters. The third-order valence-corrected chi connectivity index (χ3v) is 5.30. The van der Waals surface area contributed by atoms with Crippen molar-refractivity contribution < 1.29 is 14.3 Å². The Balaban J connectivity index is 1.61. The molecule has 25 heavy (non-hydrogen) atoms. The number of nitrogens with one attached hydrogen (secondary N) is 1. The van der Waals surface area contributed by atoms with Gasteiger partial charge in [0, 0.05) is 24.1 Å². The molecule has 1 spiro atoms. The first-order valence-electron chi connectivity index (χ1n) is 8.84. The van der Waals surface area contributed by atoms with Gasteiger partial charge in [-0.15, -0.1) is 0 Å². The summed E-state index contributed by atoms with van der Waals surface area (Å²) in [4.78, 5) is 26.5. The number of para-hydroxylation sites is 1. The zero-order valence-corrected chi connectivity index (χ0v) is 15.2. The van der Waals surface area contributed by atoms with Crippen molar-refractivity contribution in [3.05, 3.63) is 29.8 Å². The van der Waals surface area contributed by atoms with Gasteiger partial charge in [0.05, 0.1) is 12.1 Å². The van der Waals surface area contributed by atoms with Gasteiger partial charge in [-0.1, -0.05) is 18.2 Å². The fraction of sp³-hybridized carbons (Fsp3) is 0.579. The molecule has 3 N–H and O–H groups in total. The number of fused-ring (bicyclic) bond motifs is 2. The second-order valence-corrected chi connectivity index (χ2v) is 7.81. The third kappa shape index (κ3) is 3.35. The van der Waals surface area contributed by atoms with Gasteiger partial charge < -0.3 is 20.7 Å². The predicted molar refractivity (Wildman–Crippen MR) is 95.3 cm³/mol. The molecule has 2 aliphatic rings. The molecule has 6 heteroatoms. The van der Waals surface area contributed by atoms with Crippen LogP contribution in [-0.4, -0.2) is 48.0 Å². The molecule has 1 aromatic carbocycles. The van der Waals surface area contributed by atoms with Gasteiger partial charge in [-0.25, -0.2) is 0 Å². The molecule has 136 valence electrons. The molecular weight excluding hydrogens is 318 g/mol. The Labute approximate surface area is 148 Å². The average Bonchev–Trinajstić information content (AvgIpc) is 2.93. The Kier molecular flexibility index (Phi) is 4.49. The van der Waals surface area contributed by atoms with Crippen LogP contribution in [0.3, 0.4) is 0 Å². The zero-order chi connectivity index (χ0) is 18.2. The molecule has 0 aliphatic carbocycles. The highest BCUT2D eigenvalue weighted by Gasteiger charge is 2.44. The molecule has 0 aromatic heterocycles. The molecular formula is C19H27N3O3. The molecule has 0 radical (unpaired) electrons. The summed E-state index contributed by atoms with van der Waals surface area (Å²) in [5, 5.41) is 2.71. The van der Waals surface area contributed by atoms with Crippen LogP contribution in [0.4, 0.5) is 0 Å². The third-order valence-electron chi connectivity index (χ3n) is 5.30. The van der Waals surface area contributed by atoms with Gasteiger partial charge in [-0.2, -0.15) is 0 Å². The number of nitrogens with zero attached hydrogens (tertiary/aromatic N) is 1. The van der Waals surface area contributed by atoms with E-state index in [1.807, 2.05) is 23.1 Å². The van der Waals surface area contributed by atoms with E-state index in [4.69, 9.17) is 10.5 Å². The molecule has 6 nitrogen and oxygen atoms in total. The molecule has 2 amide bonds. The maximum atomic E-state index is 12.6. The summed E-state index contributed by atoms with van der Waals surface area (Å²) in [6.07, 6.45) is 1.75. The van der Waals surface area contributed by atoms with Gasteiger partial charge in [0.1, 0.15) is 11.8 Å². The minimum absolute atomic E-state index is 0.0130. The van der Waals surface area contributed by atoms with E-state index in [0.29, 0.717) is 19.7 Å². The number of benzene rings is 1. The number of rotatable bonds is 3. The van der Waals surface area contributed by atoms with Crippen molar-refractivity contribution in [3.8, 4) is 5.75 Å². The largest absolute Gasteiger partial charge is 0.492 e. The molecule has 2 heterocycles. The van der Waals surface area contributed by atoms with E-state index in [-0.39, 0.29) is 17.2 Å². The fourth-order valence-electron chi connectivity index (χ4n) is 3.61. The number of ether oxygens (including phenoxy) is 1. The SMILES string of the molecule is C[C@@H](NC(=O)C(C)(C)N)C(=O)N1CCC2(CC1)COc1ccccc12. The summed E-state index contributed by atoms with van der Waals surface area (Å²) in [7, 11) is 0. The van der Waals surface area contributed by atoms with Crippen molar-refractivity contribution in [3.63, 3.8) is 0 Å². The van der Waals surface area contributed by atoms with Crippen molar-refractivity contribution >= 4 is 11.8 Å². The lowest BCUT2D eigenvalue weighted by atomic mass is 9.74. The number of nitrogens with two attached hydrogens (primary N) is 1. The fourth-order valence-corrected chi connectivity index (χ4v) is 3.61. The van der Waals surface area contributed by atoms with Gasteiger partial charge >= 0.3 is 0 Å². The quantitative estimate of drug-likeness (QED) is 0.862. The van der Waals surface area contributed by atoms with Crippen LogP contribution < -0.4 is 15.8 Å². The Morgan fingerprint density at radius 3 is 2.56 bits per heavy atom. The van der Waals surface area contributed by atoms with Gasteiger partial charge in [0.25, 0.3) is 0 Å². The first kappa shape index (κ1) is 17.7. The molecule has 0 bridgehead atoms. The first-order chi connectivity index (χ1) is 11.7. The van der Waals surface area contributed by atoms with E-state index in [1.165, 1.54) is 5.56 Å². The summed E-state index contributed by atoms with van der Waals surface area (Å²) in [5.74, 6) is 0.590. The van der Waals surface area contributed by atoms with E-state index >= 15 is 0 Å². The van der Waals surface area contributed by atoms with Crippen molar-refractivity contribution in [1.29, 1.82) is 0 Å². The van der Waals surface area contributed by atoms with Crippen molar-refractivity contribution in [1.82, 2.24) is 10.2 Å². The molecule has 0 unspecified atom stereocenters. The molecule has 0 saturated carbocycles. The van der Waals surface area contributed by atoms with Crippen molar-refractivity contribution in [2.24, 2.45) is 5.73 Å². The van der Waals surface area contributed by atoms with E-state index in [9.17, 15) is 9.59 Å². The lowest BCUT2D eigenvalue weighted by Gasteiger charge is -2.39. The second-order valence-electron chi connectivity index (χ2n) is 7.81. The van der Waals surface area contributed by atoms with Crippen LogP contribution >= 0.6 is 0 Å². The molecule has 1 aromatic rings. The molecule has 1 fully saturated rings. The lowest BCUT2D eigenvalue weighted by Crippen LogP contribution is -2.57. The van der Waals surface area contributed by atoms with Crippen LogP contribution in [0.15, 0.2) is 24.3 Å². The highest BCUT2D eigenvalue weighted by Crippen LogP contribution is 2.45. The van der Waals surface area contributed by atoms with Gasteiger partial charge in [-0.3, -0.25) is 9.59 Å². The molecule has 1 saturated heterocycles. The Morgan fingerprint density at radius 2 is 1.92 bits per heavy atom. The van der Waals surface area contributed by atoms with Crippen LogP contribution in [0.2, 0.25) is 0 Å². The average molecular weight is 345 g/mol. The van der Waals surface area contributed by atoms with E-state index < -0.39 is 11.6 Å². The normalized spacial score (nSPS) is 19.9. The maximum absolute atomic E-state index is 12.6. The van der Waals surface area contributed by atoms with Crippen LogP contribution in [0.25, 0.3) is 0 Å². The Bertz CT molecular complexity index is 673. The summed E-state index contributed by atoms with van der Waals surface area (Å²) in [6.45, 7) is 6.99. The molecule has 2 aliphatic heterocycles. The number of carbonyl (C=O) groups excluding carboxylic acids is 2. The van der Waals surface area contributed by atoms with Gasteiger partial charge in [-0.05, 0) is 39.7 Å². The van der Waals surface area contributed by atoms with Crippen molar-refractivity contribution in [2.75, 3.05) is 19.7 Å². The van der Waals surface area contributed by atoms with Gasteiger partial charge in [0.15, 0.2) is 0 Å². The van der Waals surface area contributed by atoms with E-state index in [1.54, 1.807) is 20.8 Å². The second kappa shape index (κ2) is 6.33. The van der Waals surface area contributed by atoms with Gasteiger partial charge in [0.2, 0.25) is 11.8 Å². The Morgan fingerprint density at radius 1 is 1.28 bits per heavy atom. The van der Waals surface area contributed by atoms with Crippen LogP contribution in [0.1, 0.15) is 39.2 Å².